The van der Waals surface area contributed by atoms with Gasteiger partial charge in [0.2, 0.25) is 5.91 Å². The van der Waals surface area contributed by atoms with Gasteiger partial charge >= 0.3 is 0 Å². The van der Waals surface area contributed by atoms with Crippen LogP contribution in [0.2, 0.25) is 0 Å². The van der Waals surface area contributed by atoms with Gasteiger partial charge in [0.25, 0.3) is 10.0 Å². The quantitative estimate of drug-likeness (QED) is 0.530. The van der Waals surface area contributed by atoms with Crippen molar-refractivity contribution in [1.29, 1.82) is 0 Å². The lowest BCUT2D eigenvalue weighted by Crippen LogP contribution is -2.41. The monoisotopic (exact) mass is 426 g/mol. The summed E-state index contributed by atoms with van der Waals surface area (Å²) in [5.74, 6) is -0.936. The Morgan fingerprint density at radius 2 is 1.47 bits per heavy atom. The average Bonchev–Trinajstić information content (AvgIpc) is 2.76. The molecule has 0 unspecified atom stereocenters. The molecule has 0 aliphatic rings. The van der Waals surface area contributed by atoms with Crippen molar-refractivity contribution in [2.24, 2.45) is 0 Å². The fourth-order valence-corrected chi connectivity index (χ4v) is 4.42. The number of nitrogens with zero attached hydrogens (tertiary/aromatic N) is 1. The van der Waals surface area contributed by atoms with Crippen LogP contribution < -0.4 is 9.62 Å². The van der Waals surface area contributed by atoms with E-state index in [1.165, 1.54) is 17.7 Å². The maximum Gasteiger partial charge on any atom is 0.264 e. The molecule has 0 bridgehead atoms. The Labute approximate surface area is 176 Å². The first-order valence-electron chi connectivity index (χ1n) is 9.61. The number of rotatable bonds is 9. The van der Waals surface area contributed by atoms with Gasteiger partial charge in [-0.3, -0.25) is 9.10 Å². The molecule has 0 spiro atoms. The fourth-order valence-electron chi connectivity index (χ4n) is 2.99. The van der Waals surface area contributed by atoms with Gasteiger partial charge in [-0.25, -0.2) is 12.8 Å². The smallest absolute Gasteiger partial charge is 0.264 e. The van der Waals surface area contributed by atoms with E-state index in [9.17, 15) is 17.6 Å². The van der Waals surface area contributed by atoms with Crippen LogP contribution in [-0.2, 0) is 21.2 Å². The molecule has 1 N–H and O–H groups in total. The van der Waals surface area contributed by atoms with Gasteiger partial charge < -0.3 is 5.32 Å². The van der Waals surface area contributed by atoms with E-state index in [2.05, 4.69) is 5.32 Å². The minimum atomic E-state index is -4.03. The number of benzene rings is 3. The Hall–Kier alpha value is -3.19. The molecule has 30 heavy (non-hydrogen) atoms. The minimum Gasteiger partial charge on any atom is -0.355 e. The Kier molecular flexibility index (Phi) is 7.19. The molecular formula is C23H23FN2O3S. The van der Waals surface area contributed by atoms with Crippen LogP contribution in [0.1, 0.15) is 12.0 Å². The zero-order valence-corrected chi connectivity index (χ0v) is 17.2. The van der Waals surface area contributed by atoms with Gasteiger partial charge in [0.05, 0.1) is 10.6 Å². The lowest BCUT2D eigenvalue weighted by Gasteiger charge is -2.24. The highest BCUT2D eigenvalue weighted by atomic mass is 32.2. The molecule has 0 aromatic heterocycles. The van der Waals surface area contributed by atoms with E-state index in [-0.39, 0.29) is 11.4 Å². The first-order valence-corrected chi connectivity index (χ1v) is 11.0. The van der Waals surface area contributed by atoms with Crippen molar-refractivity contribution < 1.29 is 17.6 Å². The summed E-state index contributed by atoms with van der Waals surface area (Å²) in [6.07, 6.45) is 1.56. The second kappa shape index (κ2) is 10.0. The molecule has 0 heterocycles. The van der Waals surface area contributed by atoms with Crippen LogP contribution in [0.3, 0.4) is 0 Å². The Balaban J connectivity index is 1.68. The molecule has 0 aliphatic heterocycles. The highest BCUT2D eigenvalue weighted by Gasteiger charge is 2.27. The third kappa shape index (κ3) is 5.67. The summed E-state index contributed by atoms with van der Waals surface area (Å²) in [6.45, 7) is 0.0714. The van der Waals surface area contributed by atoms with Crippen LogP contribution in [0.15, 0.2) is 89.8 Å². The third-order valence-corrected chi connectivity index (χ3v) is 6.33. The Morgan fingerprint density at radius 3 is 2.10 bits per heavy atom. The number of nitrogens with one attached hydrogen (secondary N) is 1. The predicted octanol–water partition coefficient (Wildman–Crippen LogP) is 3.77. The SMILES string of the molecule is O=C(CN(c1ccccc1)S(=O)(=O)c1ccc(F)cc1)NCCCc1ccccc1. The number of anilines is 1. The van der Waals surface area contributed by atoms with Gasteiger partial charge in [0.15, 0.2) is 0 Å². The third-order valence-electron chi connectivity index (χ3n) is 4.54. The molecule has 3 aromatic rings. The second-order valence-corrected chi connectivity index (χ2v) is 8.60. The number of carbonyl (C=O) groups is 1. The summed E-state index contributed by atoms with van der Waals surface area (Å²) in [4.78, 5) is 12.4. The highest BCUT2D eigenvalue weighted by Crippen LogP contribution is 2.23. The minimum absolute atomic E-state index is 0.0790. The van der Waals surface area contributed by atoms with Gasteiger partial charge in [-0.15, -0.1) is 0 Å². The number of halogens is 1. The van der Waals surface area contributed by atoms with Gasteiger partial charge in [0, 0.05) is 6.54 Å². The van der Waals surface area contributed by atoms with Crippen LogP contribution in [0.25, 0.3) is 0 Å². The van der Waals surface area contributed by atoms with Crippen LogP contribution >= 0.6 is 0 Å². The van der Waals surface area contributed by atoms with Crippen LogP contribution in [0.5, 0.6) is 0 Å². The Bertz CT molecular complexity index is 1060. The van der Waals surface area contributed by atoms with Gasteiger partial charge in [-0.2, -0.15) is 0 Å². The second-order valence-electron chi connectivity index (χ2n) is 6.74. The highest BCUT2D eigenvalue weighted by molar-refractivity contribution is 7.92. The van der Waals surface area contributed by atoms with E-state index in [1.54, 1.807) is 30.3 Å². The molecule has 0 saturated heterocycles. The molecule has 0 aliphatic carbocycles. The number of hydrogen-bond donors (Lipinski definition) is 1. The lowest BCUT2D eigenvalue weighted by molar-refractivity contribution is -0.119. The zero-order chi connectivity index (χ0) is 21.4. The molecule has 5 nitrogen and oxygen atoms in total. The van der Waals surface area contributed by atoms with Crippen molar-refractivity contribution in [3.05, 3.63) is 96.3 Å². The molecule has 156 valence electrons. The standard InChI is InChI=1S/C23H23FN2O3S/c24-20-13-15-22(16-14-20)30(28,29)26(21-11-5-2-6-12-21)18-23(27)25-17-7-10-19-8-3-1-4-9-19/h1-6,8-9,11-16H,7,10,17-18H2,(H,25,27). The van der Waals surface area contributed by atoms with Crippen LogP contribution in [0.4, 0.5) is 10.1 Å². The van der Waals surface area contributed by atoms with Crippen molar-refractivity contribution in [1.82, 2.24) is 5.32 Å². The van der Waals surface area contributed by atoms with Crippen molar-refractivity contribution in [2.75, 3.05) is 17.4 Å². The maximum atomic E-state index is 13.2. The number of carbonyl (C=O) groups excluding carboxylic acids is 1. The summed E-state index contributed by atoms with van der Waals surface area (Å²) in [5.41, 5.74) is 1.54. The first kappa shape index (κ1) is 21.5. The maximum absolute atomic E-state index is 13.2. The molecule has 0 atom stereocenters. The topological polar surface area (TPSA) is 66.5 Å². The van der Waals surface area contributed by atoms with E-state index < -0.39 is 21.7 Å². The zero-order valence-electron chi connectivity index (χ0n) is 16.4. The van der Waals surface area contributed by atoms with Gasteiger partial charge in [-0.1, -0.05) is 48.5 Å². The number of hydrogen-bond acceptors (Lipinski definition) is 3. The van der Waals surface area contributed by atoms with E-state index in [1.807, 2.05) is 30.3 Å². The normalized spacial score (nSPS) is 11.1. The fraction of sp³-hybridized carbons (Fsp3) is 0.174. The molecule has 0 fully saturated rings. The summed E-state index contributed by atoms with van der Waals surface area (Å²) >= 11 is 0. The first-order chi connectivity index (χ1) is 14.5. The number of aryl methyl sites for hydroxylation is 1. The van der Waals surface area contributed by atoms with E-state index in [0.29, 0.717) is 12.2 Å². The van der Waals surface area contributed by atoms with Crippen molar-refractivity contribution in [3.8, 4) is 0 Å². The molecular weight excluding hydrogens is 403 g/mol. The molecule has 7 heteroatoms. The van der Waals surface area contributed by atoms with E-state index in [0.717, 1.165) is 29.3 Å². The summed E-state index contributed by atoms with van der Waals surface area (Å²) in [6, 6.07) is 22.9. The van der Waals surface area contributed by atoms with Gasteiger partial charge in [0.1, 0.15) is 12.4 Å². The average molecular weight is 427 g/mol. The van der Waals surface area contributed by atoms with Crippen molar-refractivity contribution >= 4 is 21.6 Å². The van der Waals surface area contributed by atoms with Crippen LogP contribution in [0, 0.1) is 5.82 Å². The van der Waals surface area contributed by atoms with Crippen molar-refractivity contribution in [2.45, 2.75) is 17.7 Å². The Morgan fingerprint density at radius 1 is 0.867 bits per heavy atom. The molecule has 3 aromatic carbocycles. The predicted molar refractivity (Wildman–Crippen MR) is 115 cm³/mol. The molecule has 0 radical (unpaired) electrons. The van der Waals surface area contributed by atoms with E-state index in [4.69, 9.17) is 0 Å². The van der Waals surface area contributed by atoms with Crippen molar-refractivity contribution in [3.63, 3.8) is 0 Å². The van der Waals surface area contributed by atoms with Gasteiger partial charge in [-0.05, 0) is 54.8 Å². The number of sulfonamides is 1. The lowest BCUT2D eigenvalue weighted by atomic mass is 10.1. The summed E-state index contributed by atoms with van der Waals surface area (Å²) < 4.78 is 40.5. The summed E-state index contributed by atoms with van der Waals surface area (Å²) in [5, 5.41) is 2.78. The molecule has 3 rings (SSSR count). The summed E-state index contributed by atoms with van der Waals surface area (Å²) in [7, 11) is -4.03. The number of para-hydroxylation sites is 1. The largest absolute Gasteiger partial charge is 0.355 e. The van der Waals surface area contributed by atoms with Crippen LogP contribution in [-0.4, -0.2) is 27.4 Å². The number of amides is 1. The molecule has 1 amide bonds. The molecule has 0 saturated carbocycles. The van der Waals surface area contributed by atoms with E-state index >= 15 is 0 Å².